The molecule has 10 nitrogen and oxygen atoms in total. The molecule has 0 unspecified atom stereocenters. The maximum Gasteiger partial charge on any atom is 0.349 e. The van der Waals surface area contributed by atoms with Crippen LogP contribution in [0.25, 0.3) is 0 Å². The Morgan fingerprint density at radius 1 is 0.860 bits per heavy atom. The van der Waals surface area contributed by atoms with Crippen molar-refractivity contribution in [1.29, 1.82) is 5.26 Å². The van der Waals surface area contributed by atoms with Crippen LogP contribution in [0.1, 0.15) is 61.3 Å². The van der Waals surface area contributed by atoms with Crippen molar-refractivity contribution >= 4 is 29.3 Å². The number of nitriles is 1. The van der Waals surface area contributed by atoms with Crippen LogP contribution in [-0.2, 0) is 25.1 Å². The number of carbonyl (C=O) groups excluding carboxylic acids is 4. The van der Waals surface area contributed by atoms with Crippen LogP contribution < -0.4 is 16.0 Å². The van der Waals surface area contributed by atoms with E-state index in [0.29, 0.717) is 37.3 Å². The quantitative estimate of drug-likeness (QED) is 0.257. The molecule has 264 valence electrons. The Morgan fingerprint density at radius 3 is 2.14 bits per heavy atom. The highest BCUT2D eigenvalue weighted by Crippen LogP contribution is 2.31. The van der Waals surface area contributed by atoms with Crippen LogP contribution in [-0.4, -0.2) is 78.7 Å². The summed E-state index contributed by atoms with van der Waals surface area (Å²) in [7, 11) is 1.95. The second kappa shape index (κ2) is 16.5. The van der Waals surface area contributed by atoms with Gasteiger partial charge in [0.2, 0.25) is 17.7 Å². The minimum Gasteiger partial charge on any atom is -0.344 e. The fourth-order valence-corrected chi connectivity index (χ4v) is 5.73. The first kappa shape index (κ1) is 37.6. The number of anilines is 1. The molecule has 3 N–H and O–H groups in total. The third kappa shape index (κ3) is 8.87. The van der Waals surface area contributed by atoms with Crippen molar-refractivity contribution in [2.45, 2.75) is 57.0 Å². The lowest BCUT2D eigenvalue weighted by Crippen LogP contribution is -2.55. The number of nitrogens with zero attached hydrogens (tertiary/aromatic N) is 3. The number of rotatable bonds is 12. The monoisotopic (exact) mass is 690 g/mol. The fourth-order valence-electron chi connectivity index (χ4n) is 5.73. The van der Waals surface area contributed by atoms with Crippen LogP contribution >= 0.6 is 0 Å². The van der Waals surface area contributed by atoms with Gasteiger partial charge in [0.25, 0.3) is 5.91 Å². The Kier molecular flexibility index (Phi) is 12.4. The van der Waals surface area contributed by atoms with Gasteiger partial charge in [0.15, 0.2) is 0 Å². The number of amides is 4. The lowest BCUT2D eigenvalue weighted by Gasteiger charge is -2.36. The molecule has 1 fully saturated rings. The van der Waals surface area contributed by atoms with Gasteiger partial charge >= 0.3 is 5.92 Å². The third-order valence-electron chi connectivity index (χ3n) is 9.03. The lowest BCUT2D eigenvalue weighted by atomic mass is 9.91. The number of halogens is 3. The molecule has 50 heavy (non-hydrogen) atoms. The van der Waals surface area contributed by atoms with Gasteiger partial charge in [-0.2, -0.15) is 14.0 Å². The number of alkyl halides is 2. The zero-order chi connectivity index (χ0) is 36.6. The summed E-state index contributed by atoms with van der Waals surface area (Å²) in [5.41, 5.74) is -0.143. The minimum absolute atomic E-state index is 0.0714. The van der Waals surface area contributed by atoms with Gasteiger partial charge in [-0.05, 0) is 42.4 Å². The second-order valence-corrected chi connectivity index (χ2v) is 12.5. The first-order chi connectivity index (χ1) is 23.8. The number of hydrogen-bond acceptors (Lipinski definition) is 6. The molecule has 1 aliphatic rings. The molecule has 3 aromatic carbocycles. The van der Waals surface area contributed by atoms with Crippen LogP contribution in [0.2, 0.25) is 0 Å². The average Bonchev–Trinajstić information content (AvgIpc) is 3.13. The molecule has 0 bridgehead atoms. The number of piperazine rings is 1. The zero-order valence-corrected chi connectivity index (χ0v) is 28.4. The fraction of sp³-hybridized carbons (Fsp3) is 0.378. The molecule has 13 heteroatoms. The summed E-state index contributed by atoms with van der Waals surface area (Å²) in [6.07, 6.45) is 0.149. The van der Waals surface area contributed by atoms with Crippen LogP contribution in [0, 0.1) is 17.1 Å². The highest BCUT2D eigenvalue weighted by atomic mass is 19.3. The molecule has 1 heterocycles. The van der Waals surface area contributed by atoms with Crippen molar-refractivity contribution in [2.75, 3.05) is 38.5 Å². The molecule has 4 atom stereocenters. The van der Waals surface area contributed by atoms with Gasteiger partial charge in [0, 0.05) is 50.0 Å². The van der Waals surface area contributed by atoms with E-state index in [4.69, 9.17) is 5.26 Å². The Balaban J connectivity index is 1.58. The zero-order valence-electron chi connectivity index (χ0n) is 28.4. The van der Waals surface area contributed by atoms with Gasteiger partial charge in [0.05, 0.1) is 17.3 Å². The highest BCUT2D eigenvalue weighted by Gasteiger charge is 2.44. The van der Waals surface area contributed by atoms with Crippen molar-refractivity contribution in [2.24, 2.45) is 0 Å². The van der Waals surface area contributed by atoms with Gasteiger partial charge < -0.3 is 25.8 Å². The van der Waals surface area contributed by atoms with Gasteiger partial charge in [-0.15, -0.1) is 0 Å². The van der Waals surface area contributed by atoms with Crippen LogP contribution in [0.4, 0.5) is 18.9 Å². The average molecular weight is 691 g/mol. The molecule has 0 spiro atoms. The minimum atomic E-state index is -4.10. The largest absolute Gasteiger partial charge is 0.349 e. The normalized spacial score (nSPS) is 15.9. The smallest absolute Gasteiger partial charge is 0.344 e. The molecule has 0 radical (unpaired) electrons. The van der Waals surface area contributed by atoms with E-state index in [1.54, 1.807) is 62.1 Å². The summed E-state index contributed by atoms with van der Waals surface area (Å²) in [6, 6.07) is 16.0. The Morgan fingerprint density at radius 2 is 1.52 bits per heavy atom. The number of nitrogens with one attached hydrogen (secondary N) is 3. The van der Waals surface area contributed by atoms with E-state index in [2.05, 4.69) is 20.9 Å². The summed E-state index contributed by atoms with van der Waals surface area (Å²) in [6.45, 7) is 7.24. The molecule has 4 rings (SSSR count). The summed E-state index contributed by atoms with van der Waals surface area (Å²) >= 11 is 0. The predicted octanol–water partition coefficient (Wildman–Crippen LogP) is 4.49. The van der Waals surface area contributed by atoms with Crippen molar-refractivity contribution in [3.63, 3.8) is 0 Å². The van der Waals surface area contributed by atoms with Gasteiger partial charge in [-0.3, -0.25) is 19.2 Å². The molecular weight excluding hydrogens is 649 g/mol. The molecule has 1 aliphatic heterocycles. The second-order valence-electron chi connectivity index (χ2n) is 12.5. The summed E-state index contributed by atoms with van der Waals surface area (Å²) in [5, 5.41) is 16.5. The molecule has 0 aliphatic carbocycles. The first-order valence-electron chi connectivity index (χ1n) is 16.4. The van der Waals surface area contributed by atoms with E-state index >= 15 is 13.2 Å². The molecule has 4 amide bonds. The van der Waals surface area contributed by atoms with E-state index in [1.807, 2.05) is 7.05 Å². The number of likely N-dealkylation sites (N-methyl/N-ethyl adjacent to an activating group) is 1. The standard InChI is InChI=1S/C37H41F3N6O4/c1-5-31(47)43-33(35(49)46-18-16-45(4)17-19-46)24(3)27-14-15-30(29(38)21-27)42-34(48)32(23(2)26-11-7-6-8-12-26)44-36(50)37(39,40)28-13-9-10-25(20-28)22-41/h6-15,20-21,23-24,32-33H,5,16-19H2,1-4H3,(H,42,48)(H,43,47)(H,44,50)/t23-,24-,32-,33+/m0/s1. The summed E-state index contributed by atoms with van der Waals surface area (Å²) in [4.78, 5) is 56.4. The van der Waals surface area contributed by atoms with Crippen molar-refractivity contribution in [1.82, 2.24) is 20.4 Å². The van der Waals surface area contributed by atoms with Crippen LogP contribution in [0.3, 0.4) is 0 Å². The Labute approximate surface area is 289 Å². The summed E-state index contributed by atoms with van der Waals surface area (Å²) < 4.78 is 46.4. The molecular formula is C37H41F3N6O4. The molecule has 3 aromatic rings. The number of hydrogen-bond donors (Lipinski definition) is 3. The maximum absolute atomic E-state index is 15.7. The van der Waals surface area contributed by atoms with E-state index in [1.165, 1.54) is 24.3 Å². The van der Waals surface area contributed by atoms with Gasteiger partial charge in [-0.25, -0.2) is 4.39 Å². The molecule has 0 aromatic heterocycles. The van der Waals surface area contributed by atoms with Crippen molar-refractivity contribution in [3.8, 4) is 6.07 Å². The number of benzene rings is 3. The Hall–Kier alpha value is -5.22. The predicted molar refractivity (Wildman–Crippen MR) is 182 cm³/mol. The van der Waals surface area contributed by atoms with E-state index < -0.39 is 53.0 Å². The third-order valence-corrected chi connectivity index (χ3v) is 9.03. The first-order valence-corrected chi connectivity index (χ1v) is 16.4. The molecule has 1 saturated heterocycles. The number of carbonyl (C=O) groups is 4. The van der Waals surface area contributed by atoms with Gasteiger partial charge in [-0.1, -0.05) is 69.3 Å². The SMILES string of the molecule is CCC(=O)N[C@@H](C(=O)N1CCN(C)CC1)[C@@H](C)c1ccc(NC(=O)[C@@H](NC(=O)C(F)(F)c2cccc(C#N)c2)[C@@H](C)c2ccccc2)c(F)c1. The molecule has 0 saturated carbocycles. The van der Waals surface area contributed by atoms with Crippen LogP contribution in [0.15, 0.2) is 72.8 Å². The Bertz CT molecular complexity index is 1740. The summed E-state index contributed by atoms with van der Waals surface area (Å²) in [5.74, 6) is -9.79. The van der Waals surface area contributed by atoms with Gasteiger partial charge in [0.1, 0.15) is 17.9 Å². The van der Waals surface area contributed by atoms with E-state index in [0.717, 1.165) is 18.2 Å². The van der Waals surface area contributed by atoms with E-state index in [-0.39, 0.29) is 29.5 Å². The van der Waals surface area contributed by atoms with E-state index in [9.17, 15) is 19.2 Å². The van der Waals surface area contributed by atoms with Crippen molar-refractivity contribution < 1.29 is 32.3 Å². The highest BCUT2D eigenvalue weighted by molar-refractivity contribution is 5.99. The van der Waals surface area contributed by atoms with Crippen molar-refractivity contribution in [3.05, 3.63) is 101 Å². The maximum atomic E-state index is 15.7. The lowest BCUT2D eigenvalue weighted by molar-refractivity contribution is -0.149. The van der Waals surface area contributed by atoms with Crippen LogP contribution in [0.5, 0.6) is 0 Å². The topological polar surface area (TPSA) is 135 Å².